The number of carbonyl (C=O) groups excluding carboxylic acids is 2. The number of benzene rings is 2. The summed E-state index contributed by atoms with van der Waals surface area (Å²) in [6, 6.07) is 17.4. The molecule has 1 saturated heterocycles. The Kier molecular flexibility index (Phi) is 7.42. The standard InChI is InChI=1S/C24H31N3O2/c1-19(2)12-13-25-23(28)21-8-10-22(11-9-21)24(29)27-16-14-26(15-17-27)18-20-6-4-3-5-7-20/h3-11,19H,12-18H2,1-2H3,(H,25,28). The van der Waals surface area contributed by atoms with E-state index in [1.165, 1.54) is 5.56 Å². The van der Waals surface area contributed by atoms with Gasteiger partial charge in [0.1, 0.15) is 0 Å². The molecule has 1 aliphatic rings. The third kappa shape index (κ3) is 6.16. The Morgan fingerprint density at radius 3 is 2.14 bits per heavy atom. The maximum atomic E-state index is 12.8. The zero-order chi connectivity index (χ0) is 20.6. The van der Waals surface area contributed by atoms with Crippen molar-refractivity contribution < 1.29 is 9.59 Å². The van der Waals surface area contributed by atoms with Gasteiger partial charge in [0.15, 0.2) is 0 Å². The molecule has 0 spiro atoms. The van der Waals surface area contributed by atoms with Gasteiger partial charge in [-0.3, -0.25) is 14.5 Å². The van der Waals surface area contributed by atoms with E-state index in [4.69, 9.17) is 0 Å². The Balaban J connectivity index is 1.49. The van der Waals surface area contributed by atoms with Crippen LogP contribution in [-0.2, 0) is 6.54 Å². The quantitative estimate of drug-likeness (QED) is 0.784. The number of hydrogen-bond acceptors (Lipinski definition) is 3. The van der Waals surface area contributed by atoms with Crippen molar-refractivity contribution >= 4 is 11.8 Å². The van der Waals surface area contributed by atoms with Gasteiger partial charge in [0, 0.05) is 50.4 Å². The predicted molar refractivity (Wildman–Crippen MR) is 116 cm³/mol. The summed E-state index contributed by atoms with van der Waals surface area (Å²) >= 11 is 0. The first kappa shape index (κ1) is 21.1. The van der Waals surface area contributed by atoms with Gasteiger partial charge in [-0.2, -0.15) is 0 Å². The highest BCUT2D eigenvalue weighted by molar-refractivity contribution is 5.97. The van der Waals surface area contributed by atoms with Gasteiger partial charge in [0.2, 0.25) is 0 Å². The molecule has 29 heavy (non-hydrogen) atoms. The number of carbonyl (C=O) groups is 2. The zero-order valence-electron chi connectivity index (χ0n) is 17.4. The van der Waals surface area contributed by atoms with E-state index in [0.29, 0.717) is 23.6 Å². The lowest BCUT2D eigenvalue weighted by Gasteiger charge is -2.34. The summed E-state index contributed by atoms with van der Waals surface area (Å²) in [5.74, 6) is 0.513. The number of piperazine rings is 1. The highest BCUT2D eigenvalue weighted by Crippen LogP contribution is 2.13. The van der Waals surface area contributed by atoms with E-state index in [9.17, 15) is 9.59 Å². The molecular weight excluding hydrogens is 362 g/mol. The molecule has 0 atom stereocenters. The van der Waals surface area contributed by atoms with Crippen LogP contribution in [-0.4, -0.2) is 54.3 Å². The molecule has 3 rings (SSSR count). The maximum absolute atomic E-state index is 12.8. The second kappa shape index (κ2) is 10.2. The van der Waals surface area contributed by atoms with Crippen LogP contribution in [0, 0.1) is 5.92 Å². The minimum absolute atomic E-state index is 0.0381. The van der Waals surface area contributed by atoms with Crippen molar-refractivity contribution in [2.24, 2.45) is 5.92 Å². The van der Waals surface area contributed by atoms with Crippen LogP contribution in [0.1, 0.15) is 46.5 Å². The fourth-order valence-electron chi connectivity index (χ4n) is 3.47. The highest BCUT2D eigenvalue weighted by Gasteiger charge is 2.22. The van der Waals surface area contributed by atoms with Gasteiger partial charge in [0.25, 0.3) is 11.8 Å². The summed E-state index contributed by atoms with van der Waals surface area (Å²) in [4.78, 5) is 29.3. The van der Waals surface area contributed by atoms with E-state index >= 15 is 0 Å². The predicted octanol–water partition coefficient (Wildman–Crippen LogP) is 3.42. The molecule has 0 bridgehead atoms. The van der Waals surface area contributed by atoms with Crippen LogP contribution in [0.4, 0.5) is 0 Å². The van der Waals surface area contributed by atoms with Gasteiger partial charge in [-0.25, -0.2) is 0 Å². The summed E-state index contributed by atoms with van der Waals surface area (Å²) in [6.45, 7) is 9.05. The van der Waals surface area contributed by atoms with Gasteiger partial charge < -0.3 is 10.2 Å². The molecule has 2 amide bonds. The third-order valence-electron chi connectivity index (χ3n) is 5.31. The molecule has 0 aliphatic carbocycles. The molecule has 154 valence electrons. The number of hydrogen-bond donors (Lipinski definition) is 1. The lowest BCUT2D eigenvalue weighted by Crippen LogP contribution is -2.48. The van der Waals surface area contributed by atoms with Crippen molar-refractivity contribution in [1.82, 2.24) is 15.1 Å². The van der Waals surface area contributed by atoms with Crippen LogP contribution in [0.5, 0.6) is 0 Å². The van der Waals surface area contributed by atoms with Crippen LogP contribution in [0.25, 0.3) is 0 Å². The van der Waals surface area contributed by atoms with Crippen LogP contribution in [0.2, 0.25) is 0 Å². The van der Waals surface area contributed by atoms with Crippen molar-refractivity contribution in [3.8, 4) is 0 Å². The monoisotopic (exact) mass is 393 g/mol. The van der Waals surface area contributed by atoms with Gasteiger partial charge in [-0.1, -0.05) is 44.2 Å². The van der Waals surface area contributed by atoms with Crippen LogP contribution in [0.15, 0.2) is 54.6 Å². The van der Waals surface area contributed by atoms with E-state index in [-0.39, 0.29) is 11.8 Å². The van der Waals surface area contributed by atoms with E-state index in [1.807, 2.05) is 11.0 Å². The normalized spacial score (nSPS) is 14.8. The zero-order valence-corrected chi connectivity index (χ0v) is 17.4. The maximum Gasteiger partial charge on any atom is 0.253 e. The first-order chi connectivity index (χ1) is 14.0. The molecule has 1 heterocycles. The Bertz CT molecular complexity index is 795. The van der Waals surface area contributed by atoms with Crippen LogP contribution in [0.3, 0.4) is 0 Å². The number of rotatable bonds is 7. The fourth-order valence-corrected chi connectivity index (χ4v) is 3.47. The number of nitrogens with one attached hydrogen (secondary N) is 1. The van der Waals surface area contributed by atoms with E-state index in [2.05, 4.69) is 48.3 Å². The van der Waals surface area contributed by atoms with Crippen molar-refractivity contribution in [2.45, 2.75) is 26.8 Å². The smallest absolute Gasteiger partial charge is 0.253 e. The molecule has 5 nitrogen and oxygen atoms in total. The summed E-state index contributed by atoms with van der Waals surface area (Å²) in [7, 11) is 0. The summed E-state index contributed by atoms with van der Waals surface area (Å²) in [6.07, 6.45) is 0.957. The van der Waals surface area contributed by atoms with Gasteiger partial charge in [0.05, 0.1) is 0 Å². The molecule has 1 N–H and O–H groups in total. The summed E-state index contributed by atoms with van der Waals surface area (Å²) < 4.78 is 0. The van der Waals surface area contributed by atoms with Crippen molar-refractivity contribution in [3.63, 3.8) is 0 Å². The molecule has 1 aliphatic heterocycles. The second-order valence-electron chi connectivity index (χ2n) is 8.07. The lowest BCUT2D eigenvalue weighted by atomic mass is 10.1. The minimum atomic E-state index is -0.0841. The number of amides is 2. The molecule has 5 heteroatoms. The Hall–Kier alpha value is -2.66. The molecule has 2 aromatic rings. The minimum Gasteiger partial charge on any atom is -0.352 e. The first-order valence-corrected chi connectivity index (χ1v) is 10.5. The molecule has 0 saturated carbocycles. The van der Waals surface area contributed by atoms with Crippen molar-refractivity contribution in [2.75, 3.05) is 32.7 Å². The third-order valence-corrected chi connectivity index (χ3v) is 5.31. The van der Waals surface area contributed by atoms with Crippen LogP contribution < -0.4 is 5.32 Å². The van der Waals surface area contributed by atoms with Gasteiger partial charge in [-0.05, 0) is 42.2 Å². The molecule has 0 aromatic heterocycles. The average molecular weight is 394 g/mol. The first-order valence-electron chi connectivity index (χ1n) is 10.5. The van der Waals surface area contributed by atoms with Crippen molar-refractivity contribution in [3.05, 3.63) is 71.3 Å². The largest absolute Gasteiger partial charge is 0.352 e. The van der Waals surface area contributed by atoms with E-state index in [1.54, 1.807) is 24.3 Å². The average Bonchev–Trinajstić information content (AvgIpc) is 2.74. The highest BCUT2D eigenvalue weighted by atomic mass is 16.2. The number of nitrogens with zero attached hydrogens (tertiary/aromatic N) is 2. The Labute approximate surface area is 173 Å². The molecule has 0 unspecified atom stereocenters. The molecular formula is C24H31N3O2. The van der Waals surface area contributed by atoms with Gasteiger partial charge in [-0.15, -0.1) is 0 Å². The molecule has 2 aromatic carbocycles. The molecule has 1 fully saturated rings. The Morgan fingerprint density at radius 1 is 0.897 bits per heavy atom. The van der Waals surface area contributed by atoms with E-state index in [0.717, 1.165) is 39.1 Å². The molecule has 0 radical (unpaired) electrons. The van der Waals surface area contributed by atoms with E-state index < -0.39 is 0 Å². The summed E-state index contributed by atoms with van der Waals surface area (Å²) in [5, 5.41) is 2.93. The Morgan fingerprint density at radius 2 is 1.52 bits per heavy atom. The topological polar surface area (TPSA) is 52.7 Å². The lowest BCUT2D eigenvalue weighted by molar-refractivity contribution is 0.0628. The fraction of sp³-hybridized carbons (Fsp3) is 0.417. The summed E-state index contributed by atoms with van der Waals surface area (Å²) in [5.41, 5.74) is 2.53. The second-order valence-corrected chi connectivity index (χ2v) is 8.07. The van der Waals surface area contributed by atoms with Crippen molar-refractivity contribution in [1.29, 1.82) is 0 Å². The SMILES string of the molecule is CC(C)CCNC(=O)c1ccc(C(=O)N2CCN(Cc3ccccc3)CC2)cc1. The van der Waals surface area contributed by atoms with Crippen LogP contribution >= 0.6 is 0 Å². The van der Waals surface area contributed by atoms with Gasteiger partial charge >= 0.3 is 0 Å².